The summed E-state index contributed by atoms with van der Waals surface area (Å²) in [5.41, 5.74) is 1.95. The molecule has 28 heavy (non-hydrogen) atoms. The Kier molecular flexibility index (Phi) is 4.77. The van der Waals surface area contributed by atoms with Crippen LogP contribution in [0.2, 0.25) is 0 Å². The summed E-state index contributed by atoms with van der Waals surface area (Å²) in [4.78, 5) is 24.9. The molecule has 0 saturated carbocycles. The Bertz CT molecular complexity index is 987. The number of carbonyl (C=O) groups is 2. The van der Waals surface area contributed by atoms with E-state index in [1.54, 1.807) is 49.4 Å². The normalized spacial score (nSPS) is 18.4. The topological polar surface area (TPSA) is 83.8 Å². The van der Waals surface area contributed by atoms with E-state index in [0.717, 1.165) is 0 Å². The second-order valence-corrected chi connectivity index (χ2v) is 7.70. The van der Waals surface area contributed by atoms with Crippen LogP contribution in [0.4, 0.5) is 10.5 Å². The molecule has 2 N–H and O–H groups in total. The quantitative estimate of drug-likeness (QED) is 0.585. The van der Waals surface area contributed by atoms with Crippen LogP contribution in [0.15, 0.2) is 42.5 Å². The number of nitrogens with zero attached hydrogens (tertiary/aromatic N) is 1. The van der Waals surface area contributed by atoms with Gasteiger partial charge in [0, 0.05) is 23.3 Å². The molecule has 2 aromatic carbocycles. The van der Waals surface area contributed by atoms with Crippen LogP contribution in [0.1, 0.15) is 49.2 Å². The van der Waals surface area contributed by atoms with Crippen LogP contribution < -0.4 is 4.48 Å². The third-order valence-corrected chi connectivity index (χ3v) is 4.99. The van der Waals surface area contributed by atoms with E-state index in [2.05, 4.69) is 0 Å². The highest BCUT2D eigenvalue weighted by Crippen LogP contribution is 2.51. The molecule has 0 radical (unpaired) electrons. The van der Waals surface area contributed by atoms with E-state index in [1.165, 1.54) is 6.07 Å². The van der Waals surface area contributed by atoms with Gasteiger partial charge in [0.05, 0.1) is 12.2 Å². The molecule has 0 aliphatic carbocycles. The molecule has 0 bridgehead atoms. The standard InChI is InChI=1S/C22H23NO5/c1-5-28-20(25)15-8-6-7-14(11-15)19-13-16-12-17(24)9-10-18(16)23(19,21(26)27)22(2,3)4/h6-13H,5H2,1-4H3,(H-,24,26,27)/p+1. The molecule has 1 unspecified atom stereocenters. The summed E-state index contributed by atoms with van der Waals surface area (Å²) in [5, 5.41) is 20.3. The smallest absolute Gasteiger partial charge is 0.508 e. The van der Waals surface area contributed by atoms with E-state index >= 15 is 0 Å². The molecule has 1 heterocycles. The van der Waals surface area contributed by atoms with Crippen LogP contribution in [-0.4, -0.2) is 34.4 Å². The van der Waals surface area contributed by atoms with Crippen molar-refractivity contribution in [1.29, 1.82) is 0 Å². The second kappa shape index (κ2) is 6.80. The van der Waals surface area contributed by atoms with Crippen LogP contribution in [0.5, 0.6) is 5.75 Å². The number of carbonyl (C=O) groups excluding carboxylic acids is 1. The molecule has 146 valence electrons. The first-order valence-corrected chi connectivity index (χ1v) is 9.09. The molecule has 1 aliphatic rings. The van der Waals surface area contributed by atoms with E-state index in [0.29, 0.717) is 28.1 Å². The van der Waals surface area contributed by atoms with Gasteiger partial charge in [-0.15, -0.1) is 0 Å². The maximum Gasteiger partial charge on any atom is 0.524 e. The zero-order valence-corrected chi connectivity index (χ0v) is 16.4. The van der Waals surface area contributed by atoms with E-state index in [1.807, 2.05) is 20.8 Å². The largest absolute Gasteiger partial charge is 0.524 e. The Balaban J connectivity index is 2.27. The van der Waals surface area contributed by atoms with E-state index < -0.39 is 22.1 Å². The van der Waals surface area contributed by atoms with Crippen LogP contribution in [0.25, 0.3) is 11.8 Å². The van der Waals surface area contributed by atoms with Gasteiger partial charge in [-0.05, 0) is 58.0 Å². The number of rotatable bonds is 3. The summed E-state index contributed by atoms with van der Waals surface area (Å²) in [6, 6.07) is 11.5. The van der Waals surface area contributed by atoms with E-state index in [-0.39, 0.29) is 12.4 Å². The predicted octanol–water partition coefficient (Wildman–Crippen LogP) is 4.86. The Morgan fingerprint density at radius 1 is 1.11 bits per heavy atom. The lowest BCUT2D eigenvalue weighted by molar-refractivity contribution is 0.0526. The van der Waals surface area contributed by atoms with Gasteiger partial charge in [-0.1, -0.05) is 6.07 Å². The van der Waals surface area contributed by atoms with E-state index in [9.17, 15) is 19.8 Å². The molecule has 3 rings (SSSR count). The van der Waals surface area contributed by atoms with Crippen molar-refractivity contribution in [3.8, 4) is 5.75 Å². The van der Waals surface area contributed by atoms with Crippen molar-refractivity contribution in [2.45, 2.75) is 33.2 Å². The zero-order chi connectivity index (χ0) is 20.7. The highest BCUT2D eigenvalue weighted by molar-refractivity contribution is 6.09. The number of aromatic hydroxyl groups is 1. The number of benzene rings is 2. The van der Waals surface area contributed by atoms with Crippen LogP contribution in [-0.2, 0) is 4.74 Å². The van der Waals surface area contributed by atoms with E-state index in [4.69, 9.17) is 4.74 Å². The van der Waals surface area contributed by atoms with Crippen LogP contribution >= 0.6 is 0 Å². The fraction of sp³-hybridized carbons (Fsp3) is 0.273. The Morgan fingerprint density at radius 2 is 1.82 bits per heavy atom. The molecular formula is C22H24NO5+. The fourth-order valence-corrected chi connectivity index (χ4v) is 3.85. The lowest BCUT2D eigenvalue weighted by atomic mass is 9.97. The molecule has 1 aliphatic heterocycles. The molecule has 2 aromatic rings. The number of amides is 1. The minimum absolute atomic E-state index is 0.0638. The fourth-order valence-electron chi connectivity index (χ4n) is 3.85. The maximum atomic E-state index is 12.7. The van der Waals surface area contributed by atoms with Crippen molar-refractivity contribution in [3.63, 3.8) is 0 Å². The molecule has 1 atom stereocenters. The highest BCUT2D eigenvalue weighted by atomic mass is 16.5. The first kappa shape index (κ1) is 19.6. The summed E-state index contributed by atoms with van der Waals surface area (Å²) in [6.45, 7) is 7.55. The Morgan fingerprint density at radius 3 is 2.43 bits per heavy atom. The molecule has 1 amide bonds. The lowest BCUT2D eigenvalue weighted by Crippen LogP contribution is -2.62. The lowest BCUT2D eigenvalue weighted by Gasteiger charge is -2.41. The van der Waals surface area contributed by atoms with Gasteiger partial charge in [0.2, 0.25) is 0 Å². The van der Waals surface area contributed by atoms with Gasteiger partial charge >= 0.3 is 12.1 Å². The average molecular weight is 382 g/mol. The van der Waals surface area contributed by atoms with Crippen molar-refractivity contribution in [2.75, 3.05) is 6.61 Å². The molecule has 6 heteroatoms. The van der Waals surface area contributed by atoms with Gasteiger partial charge in [0.25, 0.3) is 0 Å². The summed E-state index contributed by atoms with van der Waals surface area (Å²) in [7, 11) is 0. The number of ether oxygens (including phenoxy) is 1. The van der Waals surface area contributed by atoms with Gasteiger partial charge in [-0.2, -0.15) is 9.28 Å². The monoisotopic (exact) mass is 382 g/mol. The first-order valence-electron chi connectivity index (χ1n) is 9.09. The summed E-state index contributed by atoms with van der Waals surface area (Å²) < 4.78 is 4.63. The molecule has 0 saturated heterocycles. The van der Waals surface area contributed by atoms with Gasteiger partial charge in [-0.3, -0.25) is 0 Å². The number of quaternary nitrogens is 1. The second-order valence-electron chi connectivity index (χ2n) is 7.70. The summed E-state index contributed by atoms with van der Waals surface area (Å²) in [5.74, 6) is -0.392. The summed E-state index contributed by atoms with van der Waals surface area (Å²) in [6.07, 6.45) is 0.725. The van der Waals surface area contributed by atoms with Gasteiger partial charge in [0.1, 0.15) is 11.3 Å². The number of phenols is 1. The van der Waals surface area contributed by atoms with Crippen molar-refractivity contribution >= 4 is 29.5 Å². The average Bonchev–Trinajstić information content (AvgIpc) is 2.97. The molecule has 6 nitrogen and oxygen atoms in total. The Labute approximate surface area is 163 Å². The van der Waals surface area contributed by atoms with Gasteiger partial charge in [0.15, 0.2) is 11.4 Å². The number of phenolic OH excluding ortho intramolecular Hbond substituents is 1. The Hall–Kier alpha value is -3.12. The van der Waals surface area contributed by atoms with Gasteiger partial charge in [-0.25, -0.2) is 4.79 Å². The first-order chi connectivity index (χ1) is 13.1. The van der Waals surface area contributed by atoms with Gasteiger partial charge < -0.3 is 14.9 Å². The molecular weight excluding hydrogens is 358 g/mol. The number of hydrogen-bond donors (Lipinski definition) is 2. The van der Waals surface area contributed by atoms with Crippen molar-refractivity contribution in [2.24, 2.45) is 0 Å². The SMILES string of the molecule is CCOC(=O)c1cccc(C2=Cc3cc(O)ccc3[N+]2(C(=O)O)C(C)(C)C)c1. The van der Waals surface area contributed by atoms with Crippen molar-refractivity contribution in [3.05, 3.63) is 59.2 Å². The minimum Gasteiger partial charge on any atom is -0.508 e. The van der Waals surface area contributed by atoms with Crippen molar-refractivity contribution in [1.82, 2.24) is 4.48 Å². The molecule has 0 spiro atoms. The minimum atomic E-state index is -1.04. The van der Waals surface area contributed by atoms with Crippen molar-refractivity contribution < 1.29 is 24.5 Å². The number of fused-ring (bicyclic) bond motifs is 1. The molecule has 0 aromatic heterocycles. The third-order valence-electron chi connectivity index (χ3n) is 4.99. The molecule has 0 fully saturated rings. The number of hydrogen-bond acceptors (Lipinski definition) is 4. The number of carboxylic acid groups (broad SMARTS) is 1. The van der Waals surface area contributed by atoms with Crippen LogP contribution in [0.3, 0.4) is 0 Å². The summed E-state index contributed by atoms with van der Waals surface area (Å²) >= 11 is 0. The van der Waals surface area contributed by atoms with Crippen LogP contribution in [0, 0.1) is 0 Å². The number of esters is 1. The maximum absolute atomic E-state index is 12.7. The third kappa shape index (κ3) is 2.86. The zero-order valence-electron chi connectivity index (χ0n) is 16.4. The highest BCUT2D eigenvalue weighted by Gasteiger charge is 2.57. The predicted molar refractivity (Wildman–Crippen MR) is 108 cm³/mol.